The SMILES string of the molecule is CCNCc1ccoc1CN(C)CC(F)(F)F. The van der Waals surface area contributed by atoms with Gasteiger partial charge in [-0.1, -0.05) is 6.92 Å². The summed E-state index contributed by atoms with van der Waals surface area (Å²) in [4.78, 5) is 1.19. The van der Waals surface area contributed by atoms with E-state index >= 15 is 0 Å². The Bertz CT molecular complexity index is 336. The summed E-state index contributed by atoms with van der Waals surface area (Å²) in [5.74, 6) is 0.581. The number of furan rings is 1. The van der Waals surface area contributed by atoms with Gasteiger partial charge in [-0.2, -0.15) is 13.2 Å². The lowest BCUT2D eigenvalue weighted by molar-refractivity contribution is -0.144. The fourth-order valence-electron chi connectivity index (χ4n) is 1.53. The van der Waals surface area contributed by atoms with Gasteiger partial charge in [0.2, 0.25) is 0 Å². The summed E-state index contributed by atoms with van der Waals surface area (Å²) in [7, 11) is 1.42. The third kappa shape index (κ3) is 5.23. The van der Waals surface area contributed by atoms with E-state index in [1.165, 1.54) is 18.2 Å². The molecule has 1 N–H and O–H groups in total. The Hall–Kier alpha value is -1.01. The van der Waals surface area contributed by atoms with E-state index in [2.05, 4.69) is 5.32 Å². The average molecular weight is 250 g/mol. The fraction of sp³-hybridized carbons (Fsp3) is 0.636. The minimum absolute atomic E-state index is 0.160. The van der Waals surface area contributed by atoms with Gasteiger partial charge in [0, 0.05) is 12.1 Å². The molecule has 6 heteroatoms. The molecular formula is C11H17F3N2O. The largest absolute Gasteiger partial charge is 0.468 e. The van der Waals surface area contributed by atoms with Crippen LogP contribution in [0.5, 0.6) is 0 Å². The van der Waals surface area contributed by atoms with E-state index in [1.807, 2.05) is 6.92 Å². The summed E-state index contributed by atoms with van der Waals surface area (Å²) in [6, 6.07) is 1.78. The zero-order chi connectivity index (χ0) is 12.9. The molecule has 0 radical (unpaired) electrons. The van der Waals surface area contributed by atoms with Crippen LogP contribution in [0, 0.1) is 0 Å². The molecule has 0 aromatic carbocycles. The van der Waals surface area contributed by atoms with Crippen LogP contribution < -0.4 is 5.32 Å². The molecule has 0 aliphatic heterocycles. The fourth-order valence-corrected chi connectivity index (χ4v) is 1.53. The highest BCUT2D eigenvalue weighted by atomic mass is 19.4. The number of nitrogens with one attached hydrogen (secondary N) is 1. The van der Waals surface area contributed by atoms with E-state index in [0.717, 1.165) is 12.1 Å². The first-order valence-electron chi connectivity index (χ1n) is 5.43. The van der Waals surface area contributed by atoms with Crippen molar-refractivity contribution in [2.75, 3.05) is 20.1 Å². The highest BCUT2D eigenvalue weighted by Gasteiger charge is 2.29. The molecule has 0 saturated heterocycles. The molecule has 1 aromatic heterocycles. The second kappa shape index (κ2) is 6.07. The van der Waals surface area contributed by atoms with Crippen LogP contribution in [-0.2, 0) is 13.1 Å². The molecule has 0 unspecified atom stereocenters. The smallest absolute Gasteiger partial charge is 0.401 e. The molecule has 0 spiro atoms. The van der Waals surface area contributed by atoms with Crippen molar-refractivity contribution in [3.63, 3.8) is 0 Å². The van der Waals surface area contributed by atoms with Crippen molar-refractivity contribution in [3.8, 4) is 0 Å². The molecule has 0 amide bonds. The van der Waals surface area contributed by atoms with Crippen LogP contribution in [0.1, 0.15) is 18.2 Å². The molecule has 98 valence electrons. The van der Waals surface area contributed by atoms with Crippen LogP contribution >= 0.6 is 0 Å². The third-order valence-electron chi connectivity index (χ3n) is 2.27. The first kappa shape index (κ1) is 14.1. The molecule has 0 atom stereocenters. The van der Waals surface area contributed by atoms with Crippen molar-refractivity contribution in [2.45, 2.75) is 26.2 Å². The standard InChI is InChI=1S/C11H17F3N2O/c1-3-15-6-9-4-5-17-10(9)7-16(2)8-11(12,13)14/h4-5,15H,3,6-8H2,1-2H3. The normalized spacial score (nSPS) is 12.4. The van der Waals surface area contributed by atoms with Gasteiger partial charge in [0.15, 0.2) is 0 Å². The number of alkyl halides is 3. The Balaban J connectivity index is 2.53. The van der Waals surface area contributed by atoms with E-state index in [0.29, 0.717) is 12.3 Å². The van der Waals surface area contributed by atoms with Crippen LogP contribution in [0.25, 0.3) is 0 Å². The lowest BCUT2D eigenvalue weighted by Gasteiger charge is -2.17. The number of hydrogen-bond donors (Lipinski definition) is 1. The second-order valence-corrected chi connectivity index (χ2v) is 3.94. The van der Waals surface area contributed by atoms with Crippen LogP contribution in [0.4, 0.5) is 13.2 Å². The number of rotatable bonds is 6. The van der Waals surface area contributed by atoms with Crippen molar-refractivity contribution in [3.05, 3.63) is 23.7 Å². The summed E-state index contributed by atoms with van der Waals surface area (Å²) in [5.41, 5.74) is 0.904. The first-order chi connectivity index (χ1) is 7.92. The molecular weight excluding hydrogens is 233 g/mol. The number of hydrogen-bond acceptors (Lipinski definition) is 3. The van der Waals surface area contributed by atoms with Gasteiger partial charge in [-0.3, -0.25) is 4.90 Å². The van der Waals surface area contributed by atoms with E-state index in [9.17, 15) is 13.2 Å². The third-order valence-corrected chi connectivity index (χ3v) is 2.27. The highest BCUT2D eigenvalue weighted by molar-refractivity contribution is 5.16. The first-order valence-corrected chi connectivity index (χ1v) is 5.43. The van der Waals surface area contributed by atoms with Crippen molar-refractivity contribution in [1.29, 1.82) is 0 Å². The van der Waals surface area contributed by atoms with Gasteiger partial charge in [-0.05, 0) is 19.7 Å². The maximum atomic E-state index is 12.2. The second-order valence-electron chi connectivity index (χ2n) is 3.94. The van der Waals surface area contributed by atoms with Crippen molar-refractivity contribution in [1.82, 2.24) is 10.2 Å². The maximum Gasteiger partial charge on any atom is 0.401 e. The highest BCUT2D eigenvalue weighted by Crippen LogP contribution is 2.18. The van der Waals surface area contributed by atoms with E-state index in [-0.39, 0.29) is 6.54 Å². The average Bonchev–Trinajstić information content (AvgIpc) is 2.59. The molecule has 1 heterocycles. The monoisotopic (exact) mass is 250 g/mol. The molecule has 1 aromatic rings. The summed E-state index contributed by atoms with van der Waals surface area (Å²) < 4.78 is 41.7. The van der Waals surface area contributed by atoms with Crippen LogP contribution in [-0.4, -0.2) is 31.2 Å². The van der Waals surface area contributed by atoms with Gasteiger partial charge in [-0.25, -0.2) is 0 Å². The van der Waals surface area contributed by atoms with Gasteiger partial charge in [0.05, 0.1) is 19.4 Å². The molecule has 1 rings (SSSR count). The predicted octanol–water partition coefficient (Wildman–Crippen LogP) is 2.38. The maximum absolute atomic E-state index is 12.2. The van der Waals surface area contributed by atoms with Crippen molar-refractivity contribution < 1.29 is 17.6 Å². The van der Waals surface area contributed by atoms with E-state index in [1.54, 1.807) is 6.07 Å². The van der Waals surface area contributed by atoms with Gasteiger partial charge in [0.25, 0.3) is 0 Å². The van der Waals surface area contributed by atoms with Crippen molar-refractivity contribution >= 4 is 0 Å². The molecule has 0 saturated carbocycles. The summed E-state index contributed by atoms with van der Waals surface area (Å²) in [5, 5.41) is 3.11. The van der Waals surface area contributed by atoms with Crippen LogP contribution in [0.2, 0.25) is 0 Å². The molecule has 0 bridgehead atoms. The van der Waals surface area contributed by atoms with E-state index < -0.39 is 12.7 Å². The Morgan fingerprint density at radius 3 is 2.71 bits per heavy atom. The molecule has 3 nitrogen and oxygen atoms in total. The lowest BCUT2D eigenvalue weighted by Crippen LogP contribution is -2.30. The summed E-state index contributed by atoms with van der Waals surface area (Å²) in [6.07, 6.45) is -2.67. The summed E-state index contributed by atoms with van der Waals surface area (Å²) >= 11 is 0. The van der Waals surface area contributed by atoms with Gasteiger partial charge >= 0.3 is 6.18 Å². The zero-order valence-corrected chi connectivity index (χ0v) is 9.97. The quantitative estimate of drug-likeness (QED) is 0.840. The van der Waals surface area contributed by atoms with Gasteiger partial charge in [-0.15, -0.1) is 0 Å². The molecule has 0 fully saturated rings. The zero-order valence-electron chi connectivity index (χ0n) is 9.97. The predicted molar refractivity (Wildman–Crippen MR) is 58.5 cm³/mol. The molecule has 0 aliphatic carbocycles. The van der Waals surface area contributed by atoms with E-state index in [4.69, 9.17) is 4.42 Å². The topological polar surface area (TPSA) is 28.4 Å². The van der Waals surface area contributed by atoms with Crippen LogP contribution in [0.3, 0.4) is 0 Å². The Labute approximate surface area is 98.6 Å². The molecule has 0 aliphatic rings. The minimum Gasteiger partial charge on any atom is -0.468 e. The Morgan fingerprint density at radius 1 is 1.41 bits per heavy atom. The van der Waals surface area contributed by atoms with Gasteiger partial charge < -0.3 is 9.73 Å². The minimum atomic E-state index is -4.18. The Morgan fingerprint density at radius 2 is 2.12 bits per heavy atom. The van der Waals surface area contributed by atoms with Crippen molar-refractivity contribution in [2.24, 2.45) is 0 Å². The summed E-state index contributed by atoms with van der Waals surface area (Å²) in [6.45, 7) is 2.61. The molecule has 17 heavy (non-hydrogen) atoms. The Kier molecular flexibility index (Phi) is 5.02. The number of nitrogens with zero attached hydrogens (tertiary/aromatic N) is 1. The lowest BCUT2D eigenvalue weighted by atomic mass is 10.2. The van der Waals surface area contributed by atoms with Gasteiger partial charge in [0.1, 0.15) is 5.76 Å². The van der Waals surface area contributed by atoms with Crippen LogP contribution in [0.15, 0.2) is 16.7 Å². The number of halogens is 3.